The van der Waals surface area contributed by atoms with Crippen LogP contribution in [-0.4, -0.2) is 64.0 Å². The SMILES string of the molecule is COc1ccc(OC)c(N(CC(=O)N[C@H](C)c2ccc(S(C)(=O)=O)cc2)S(=O)(=O)c2ccc(OC)c(OC)c2)c1. The van der Waals surface area contributed by atoms with Crippen LogP contribution in [0, 0.1) is 0 Å². The maximum absolute atomic E-state index is 14.0. The summed E-state index contributed by atoms with van der Waals surface area (Å²) in [4.78, 5) is 13.3. The molecule has 0 aliphatic rings. The van der Waals surface area contributed by atoms with E-state index < -0.39 is 38.4 Å². The first kappa shape index (κ1) is 30.6. The number of rotatable bonds is 12. The summed E-state index contributed by atoms with van der Waals surface area (Å²) < 4.78 is 73.7. The Hall–Kier alpha value is -3.97. The van der Waals surface area contributed by atoms with Crippen molar-refractivity contribution >= 4 is 31.5 Å². The van der Waals surface area contributed by atoms with Crippen LogP contribution in [0.2, 0.25) is 0 Å². The van der Waals surface area contributed by atoms with Crippen molar-refractivity contribution in [2.75, 3.05) is 45.5 Å². The fourth-order valence-corrected chi connectivity index (χ4v) is 5.97. The number of anilines is 1. The summed E-state index contributed by atoms with van der Waals surface area (Å²) in [6, 6.07) is 14.2. The molecule has 0 saturated carbocycles. The van der Waals surface area contributed by atoms with Gasteiger partial charge in [0.25, 0.3) is 10.0 Å². The van der Waals surface area contributed by atoms with Crippen LogP contribution in [0.5, 0.6) is 23.0 Å². The lowest BCUT2D eigenvalue weighted by Crippen LogP contribution is -2.41. The molecule has 1 N–H and O–H groups in total. The zero-order chi connectivity index (χ0) is 29.7. The number of nitrogens with one attached hydrogen (secondary N) is 1. The lowest BCUT2D eigenvalue weighted by Gasteiger charge is -2.27. The molecule has 0 fully saturated rings. The molecular weight excluding hydrogens is 560 g/mol. The minimum atomic E-state index is -4.35. The monoisotopic (exact) mass is 592 g/mol. The van der Waals surface area contributed by atoms with E-state index in [1.165, 1.54) is 70.9 Å². The quantitative estimate of drug-likeness (QED) is 0.336. The number of sulfone groups is 1. The maximum Gasteiger partial charge on any atom is 0.265 e. The first-order chi connectivity index (χ1) is 18.8. The Labute approximate surface area is 234 Å². The summed E-state index contributed by atoms with van der Waals surface area (Å²) in [5.74, 6) is 0.455. The predicted molar refractivity (Wildman–Crippen MR) is 150 cm³/mol. The average Bonchev–Trinajstić information content (AvgIpc) is 2.94. The van der Waals surface area contributed by atoms with Crippen molar-refractivity contribution in [2.24, 2.45) is 0 Å². The molecule has 1 amide bonds. The first-order valence-electron chi connectivity index (χ1n) is 11.9. The van der Waals surface area contributed by atoms with E-state index >= 15 is 0 Å². The first-order valence-corrected chi connectivity index (χ1v) is 15.2. The fraction of sp³-hybridized carbons (Fsp3) is 0.296. The van der Waals surface area contributed by atoms with Gasteiger partial charge in [-0.3, -0.25) is 9.10 Å². The highest BCUT2D eigenvalue weighted by molar-refractivity contribution is 7.93. The van der Waals surface area contributed by atoms with Gasteiger partial charge in [-0.2, -0.15) is 0 Å². The third-order valence-corrected chi connectivity index (χ3v) is 8.95. The normalized spacial score (nSPS) is 12.2. The maximum atomic E-state index is 14.0. The van der Waals surface area contributed by atoms with E-state index in [-0.39, 0.29) is 27.0 Å². The predicted octanol–water partition coefficient (Wildman–Crippen LogP) is 3.20. The van der Waals surface area contributed by atoms with Crippen LogP contribution in [0.1, 0.15) is 18.5 Å². The Kier molecular flexibility index (Phi) is 9.53. The largest absolute Gasteiger partial charge is 0.497 e. The van der Waals surface area contributed by atoms with Gasteiger partial charge in [0, 0.05) is 18.4 Å². The number of sulfonamides is 1. The number of hydrogen-bond acceptors (Lipinski definition) is 9. The molecule has 3 rings (SSSR count). The second-order valence-corrected chi connectivity index (χ2v) is 12.6. The van der Waals surface area contributed by atoms with Crippen molar-refractivity contribution in [3.63, 3.8) is 0 Å². The third kappa shape index (κ3) is 6.77. The van der Waals surface area contributed by atoms with Crippen molar-refractivity contribution in [3.8, 4) is 23.0 Å². The van der Waals surface area contributed by atoms with Gasteiger partial charge < -0.3 is 24.3 Å². The molecule has 0 aliphatic heterocycles. The zero-order valence-electron chi connectivity index (χ0n) is 23.0. The van der Waals surface area contributed by atoms with Crippen molar-refractivity contribution in [1.82, 2.24) is 5.32 Å². The van der Waals surface area contributed by atoms with Crippen molar-refractivity contribution in [3.05, 3.63) is 66.2 Å². The molecule has 0 heterocycles. The van der Waals surface area contributed by atoms with E-state index in [1.807, 2.05) is 0 Å². The number of methoxy groups -OCH3 is 4. The van der Waals surface area contributed by atoms with Gasteiger partial charge in [0.05, 0.1) is 50.0 Å². The molecule has 1 atom stereocenters. The topological polar surface area (TPSA) is 138 Å². The molecule has 13 heteroatoms. The second-order valence-electron chi connectivity index (χ2n) is 8.70. The summed E-state index contributed by atoms with van der Waals surface area (Å²) in [7, 11) is -2.10. The Bertz CT molecular complexity index is 1570. The zero-order valence-corrected chi connectivity index (χ0v) is 24.6. The van der Waals surface area contributed by atoms with Crippen LogP contribution >= 0.6 is 0 Å². The van der Waals surface area contributed by atoms with Crippen LogP contribution in [-0.2, 0) is 24.7 Å². The van der Waals surface area contributed by atoms with Gasteiger partial charge in [0.2, 0.25) is 5.91 Å². The summed E-state index contributed by atoms with van der Waals surface area (Å²) in [5.41, 5.74) is 0.714. The van der Waals surface area contributed by atoms with Crippen LogP contribution in [0.15, 0.2) is 70.5 Å². The van der Waals surface area contributed by atoms with Crippen molar-refractivity contribution in [1.29, 1.82) is 0 Å². The lowest BCUT2D eigenvalue weighted by atomic mass is 10.1. The molecule has 0 radical (unpaired) electrons. The van der Waals surface area contributed by atoms with E-state index in [9.17, 15) is 21.6 Å². The molecule has 0 saturated heterocycles. The van der Waals surface area contributed by atoms with Gasteiger partial charge >= 0.3 is 0 Å². The third-order valence-electron chi connectivity index (χ3n) is 6.07. The summed E-state index contributed by atoms with van der Waals surface area (Å²) in [6.45, 7) is 1.10. The number of carbonyl (C=O) groups is 1. The number of amides is 1. The minimum Gasteiger partial charge on any atom is -0.497 e. The smallest absolute Gasteiger partial charge is 0.265 e. The van der Waals surface area contributed by atoms with Crippen molar-refractivity contribution in [2.45, 2.75) is 22.8 Å². The summed E-state index contributed by atoms with van der Waals surface area (Å²) in [5, 5.41) is 2.77. The van der Waals surface area contributed by atoms with Crippen LogP contribution < -0.4 is 28.6 Å². The lowest BCUT2D eigenvalue weighted by molar-refractivity contribution is -0.120. The number of ether oxygens (including phenoxy) is 4. The molecule has 3 aromatic carbocycles. The molecule has 216 valence electrons. The second kappa shape index (κ2) is 12.5. The highest BCUT2D eigenvalue weighted by atomic mass is 32.2. The van der Waals surface area contributed by atoms with Crippen molar-refractivity contribution < 1.29 is 40.6 Å². The number of carbonyl (C=O) groups excluding carboxylic acids is 1. The highest BCUT2D eigenvalue weighted by Gasteiger charge is 2.31. The highest BCUT2D eigenvalue weighted by Crippen LogP contribution is 2.37. The van der Waals surface area contributed by atoms with Crippen LogP contribution in [0.4, 0.5) is 5.69 Å². The Morgan fingerprint density at radius 3 is 1.90 bits per heavy atom. The molecule has 0 spiro atoms. The van der Waals surface area contributed by atoms with Gasteiger partial charge in [-0.1, -0.05) is 12.1 Å². The molecule has 3 aromatic rings. The van der Waals surface area contributed by atoms with Crippen LogP contribution in [0.25, 0.3) is 0 Å². The van der Waals surface area contributed by atoms with Crippen LogP contribution in [0.3, 0.4) is 0 Å². The van der Waals surface area contributed by atoms with E-state index in [1.54, 1.807) is 25.1 Å². The van der Waals surface area contributed by atoms with E-state index in [2.05, 4.69) is 5.32 Å². The summed E-state index contributed by atoms with van der Waals surface area (Å²) >= 11 is 0. The molecule has 0 unspecified atom stereocenters. The number of hydrogen-bond donors (Lipinski definition) is 1. The Balaban J connectivity index is 2.01. The molecule has 0 bridgehead atoms. The Morgan fingerprint density at radius 1 is 0.775 bits per heavy atom. The van der Waals surface area contributed by atoms with Gasteiger partial charge in [-0.15, -0.1) is 0 Å². The molecule has 0 aromatic heterocycles. The Morgan fingerprint density at radius 2 is 1.35 bits per heavy atom. The molecular formula is C27H32N2O9S2. The number of benzene rings is 3. The number of nitrogens with zero attached hydrogens (tertiary/aromatic N) is 1. The van der Waals surface area contributed by atoms with Gasteiger partial charge in [0.15, 0.2) is 21.3 Å². The van der Waals surface area contributed by atoms with Gasteiger partial charge in [-0.05, 0) is 48.9 Å². The van der Waals surface area contributed by atoms with E-state index in [0.29, 0.717) is 17.1 Å². The van der Waals surface area contributed by atoms with Gasteiger partial charge in [-0.25, -0.2) is 16.8 Å². The van der Waals surface area contributed by atoms with Gasteiger partial charge in [0.1, 0.15) is 18.0 Å². The van der Waals surface area contributed by atoms with E-state index in [4.69, 9.17) is 18.9 Å². The summed E-state index contributed by atoms with van der Waals surface area (Å²) in [6.07, 6.45) is 1.10. The average molecular weight is 593 g/mol. The molecule has 0 aliphatic carbocycles. The minimum absolute atomic E-state index is 0.0805. The van der Waals surface area contributed by atoms with E-state index in [0.717, 1.165) is 10.6 Å². The molecule has 40 heavy (non-hydrogen) atoms. The molecule has 11 nitrogen and oxygen atoms in total. The standard InChI is InChI=1S/C27H32N2O9S2/c1-18(19-7-10-21(11-8-19)39(6,31)32)28-27(30)17-29(23-15-20(35-2)9-13-24(23)36-3)40(33,34)22-12-14-25(37-4)26(16-22)38-5/h7-16,18H,17H2,1-6H3,(H,28,30)/t18-/m1/s1. The fourth-order valence-electron chi connectivity index (χ4n) is 3.90.